The van der Waals surface area contributed by atoms with E-state index < -0.39 is 29.3 Å². The largest absolute Gasteiger partial charge is 0.467 e. The van der Waals surface area contributed by atoms with Crippen LogP contribution in [-0.2, 0) is 9.53 Å². The van der Waals surface area contributed by atoms with Crippen LogP contribution in [0.4, 0.5) is 0 Å². The van der Waals surface area contributed by atoms with Crippen molar-refractivity contribution in [2.24, 2.45) is 0 Å². The van der Waals surface area contributed by atoms with Crippen LogP contribution >= 0.6 is 0 Å². The van der Waals surface area contributed by atoms with Crippen LogP contribution in [-0.4, -0.2) is 36.5 Å². The predicted octanol–water partition coefficient (Wildman–Crippen LogP) is 2.36. The molecular formula is C23H27N3O5. The fourth-order valence-corrected chi connectivity index (χ4v) is 3.90. The maximum atomic E-state index is 13.1. The molecule has 8 nitrogen and oxygen atoms in total. The normalized spacial score (nSPS) is 15.0. The van der Waals surface area contributed by atoms with Gasteiger partial charge in [0.25, 0.3) is 11.8 Å². The average Bonchev–Trinajstić information content (AvgIpc) is 2.82. The molecule has 1 aliphatic carbocycles. The number of nitrogens with zero attached hydrogens (tertiary/aromatic N) is 1. The Labute approximate surface area is 180 Å². The van der Waals surface area contributed by atoms with Crippen LogP contribution in [0.3, 0.4) is 0 Å². The Kier molecular flexibility index (Phi) is 7.23. The third-order valence-electron chi connectivity index (χ3n) is 5.60. The standard InChI is InChI=1S/C23H27N3O5/c1-24-21(28)17-13-26(16-11-7-4-8-12-16)14-18(20(17)27)22(29)25-19(23(30)31-2)15-9-5-3-6-10-15/h3,5-6,9-10,13-14,16,19H,4,7-8,11-12H2,1-2H3,(H,24,28)(H,25,29)/t19-/m0/s1. The molecule has 31 heavy (non-hydrogen) atoms. The molecule has 0 saturated heterocycles. The zero-order valence-corrected chi connectivity index (χ0v) is 17.7. The van der Waals surface area contributed by atoms with Crippen molar-refractivity contribution in [1.82, 2.24) is 15.2 Å². The van der Waals surface area contributed by atoms with Crippen LogP contribution in [0.1, 0.15) is 70.5 Å². The summed E-state index contributed by atoms with van der Waals surface area (Å²) in [6.45, 7) is 0. The van der Waals surface area contributed by atoms with Crippen molar-refractivity contribution in [2.75, 3.05) is 14.2 Å². The summed E-state index contributed by atoms with van der Waals surface area (Å²) in [5.41, 5.74) is -0.440. The molecule has 0 unspecified atom stereocenters. The van der Waals surface area contributed by atoms with Crippen molar-refractivity contribution in [3.05, 3.63) is 69.6 Å². The van der Waals surface area contributed by atoms with Crippen molar-refractivity contribution < 1.29 is 19.1 Å². The maximum absolute atomic E-state index is 13.1. The van der Waals surface area contributed by atoms with E-state index in [-0.39, 0.29) is 17.2 Å². The Morgan fingerprint density at radius 2 is 1.61 bits per heavy atom. The zero-order valence-electron chi connectivity index (χ0n) is 17.7. The molecule has 2 aromatic rings. The molecule has 1 aromatic carbocycles. The van der Waals surface area contributed by atoms with Crippen LogP contribution in [0.25, 0.3) is 0 Å². The Hall–Kier alpha value is -3.42. The van der Waals surface area contributed by atoms with E-state index in [1.807, 2.05) is 0 Å². The van der Waals surface area contributed by atoms with Gasteiger partial charge in [0.1, 0.15) is 11.1 Å². The van der Waals surface area contributed by atoms with Crippen LogP contribution < -0.4 is 16.1 Å². The molecule has 2 N–H and O–H groups in total. The predicted molar refractivity (Wildman–Crippen MR) is 115 cm³/mol. The number of esters is 1. The first kappa shape index (κ1) is 22.3. The van der Waals surface area contributed by atoms with Crippen LogP contribution in [0, 0.1) is 0 Å². The molecule has 2 amide bonds. The number of pyridine rings is 1. The van der Waals surface area contributed by atoms with Crippen molar-refractivity contribution in [3.8, 4) is 0 Å². The van der Waals surface area contributed by atoms with Crippen molar-refractivity contribution >= 4 is 17.8 Å². The Bertz CT molecular complexity index is 1010. The third kappa shape index (κ3) is 5.02. The second-order valence-electron chi connectivity index (χ2n) is 7.57. The van der Waals surface area contributed by atoms with Gasteiger partial charge in [0.2, 0.25) is 5.43 Å². The summed E-state index contributed by atoms with van der Waals surface area (Å²) in [5.74, 6) is -1.95. The van der Waals surface area contributed by atoms with Gasteiger partial charge in [-0.3, -0.25) is 14.4 Å². The van der Waals surface area contributed by atoms with Gasteiger partial charge in [-0.1, -0.05) is 49.6 Å². The summed E-state index contributed by atoms with van der Waals surface area (Å²) in [6.07, 6.45) is 8.06. The van der Waals surface area contributed by atoms with Gasteiger partial charge in [-0.2, -0.15) is 0 Å². The molecule has 0 radical (unpaired) electrons. The van der Waals surface area contributed by atoms with Crippen molar-refractivity contribution in [1.29, 1.82) is 0 Å². The Morgan fingerprint density at radius 1 is 1.00 bits per heavy atom. The number of ether oxygens (including phenoxy) is 1. The number of nitrogens with one attached hydrogen (secondary N) is 2. The van der Waals surface area contributed by atoms with Gasteiger partial charge in [-0.05, 0) is 18.4 Å². The average molecular weight is 425 g/mol. The van der Waals surface area contributed by atoms with E-state index in [2.05, 4.69) is 10.6 Å². The summed E-state index contributed by atoms with van der Waals surface area (Å²) >= 11 is 0. The van der Waals surface area contributed by atoms with Gasteiger partial charge in [-0.25, -0.2) is 4.79 Å². The molecule has 0 spiro atoms. The van der Waals surface area contributed by atoms with Crippen LogP contribution in [0.2, 0.25) is 0 Å². The number of methoxy groups -OCH3 is 1. The zero-order chi connectivity index (χ0) is 22.4. The highest BCUT2D eigenvalue weighted by Crippen LogP contribution is 2.28. The number of hydrogen-bond acceptors (Lipinski definition) is 5. The molecule has 1 atom stereocenters. The molecule has 1 aliphatic rings. The van der Waals surface area contributed by atoms with E-state index >= 15 is 0 Å². The summed E-state index contributed by atoms with van der Waals surface area (Å²) in [5, 5.41) is 5.05. The second-order valence-corrected chi connectivity index (χ2v) is 7.57. The lowest BCUT2D eigenvalue weighted by Crippen LogP contribution is -2.39. The molecule has 0 bridgehead atoms. The van der Waals surface area contributed by atoms with E-state index in [1.165, 1.54) is 26.6 Å². The molecular weight excluding hydrogens is 398 g/mol. The first-order valence-electron chi connectivity index (χ1n) is 10.4. The SMILES string of the molecule is CNC(=O)c1cn(C2CCCCC2)cc(C(=O)N[C@H](C(=O)OC)c2ccccc2)c1=O. The van der Waals surface area contributed by atoms with Crippen LogP contribution in [0.5, 0.6) is 0 Å². The lowest BCUT2D eigenvalue weighted by molar-refractivity contribution is -0.143. The third-order valence-corrected chi connectivity index (χ3v) is 5.60. The smallest absolute Gasteiger partial charge is 0.333 e. The second kappa shape index (κ2) is 10.1. The van der Waals surface area contributed by atoms with E-state index in [9.17, 15) is 19.2 Å². The molecule has 1 fully saturated rings. The number of hydrogen-bond donors (Lipinski definition) is 2. The number of aromatic nitrogens is 1. The van der Waals surface area contributed by atoms with E-state index in [0.29, 0.717) is 5.56 Å². The minimum Gasteiger partial charge on any atom is -0.467 e. The monoisotopic (exact) mass is 425 g/mol. The maximum Gasteiger partial charge on any atom is 0.333 e. The molecule has 1 heterocycles. The number of amides is 2. The van der Waals surface area contributed by atoms with Gasteiger partial charge < -0.3 is 19.9 Å². The fraction of sp³-hybridized carbons (Fsp3) is 0.391. The number of benzene rings is 1. The molecule has 8 heteroatoms. The van der Waals surface area contributed by atoms with E-state index in [1.54, 1.807) is 34.9 Å². The highest BCUT2D eigenvalue weighted by atomic mass is 16.5. The topological polar surface area (TPSA) is 106 Å². The minimum absolute atomic E-state index is 0.102. The van der Waals surface area contributed by atoms with E-state index in [4.69, 9.17) is 4.74 Å². The number of carbonyl (C=O) groups is 3. The highest BCUT2D eigenvalue weighted by Gasteiger charge is 2.27. The molecule has 164 valence electrons. The minimum atomic E-state index is -1.08. The quantitative estimate of drug-likeness (QED) is 0.691. The highest BCUT2D eigenvalue weighted by molar-refractivity contribution is 6.00. The van der Waals surface area contributed by atoms with Gasteiger partial charge in [0.15, 0.2) is 6.04 Å². The number of carbonyl (C=O) groups excluding carboxylic acids is 3. The van der Waals surface area contributed by atoms with Gasteiger partial charge in [-0.15, -0.1) is 0 Å². The molecule has 1 aromatic heterocycles. The Morgan fingerprint density at radius 3 is 2.19 bits per heavy atom. The Balaban J connectivity index is 2.00. The summed E-state index contributed by atoms with van der Waals surface area (Å²) in [7, 11) is 2.66. The summed E-state index contributed by atoms with van der Waals surface area (Å²) in [6, 6.07) is 7.65. The van der Waals surface area contributed by atoms with Gasteiger partial charge in [0, 0.05) is 25.5 Å². The first-order valence-corrected chi connectivity index (χ1v) is 10.4. The summed E-state index contributed by atoms with van der Waals surface area (Å²) < 4.78 is 6.62. The number of rotatable bonds is 6. The van der Waals surface area contributed by atoms with Gasteiger partial charge in [0.05, 0.1) is 7.11 Å². The van der Waals surface area contributed by atoms with Crippen LogP contribution in [0.15, 0.2) is 47.5 Å². The lowest BCUT2D eigenvalue weighted by atomic mass is 9.95. The fourth-order valence-electron chi connectivity index (χ4n) is 3.90. The molecule has 1 saturated carbocycles. The van der Waals surface area contributed by atoms with E-state index in [0.717, 1.165) is 32.1 Å². The first-order chi connectivity index (χ1) is 15.0. The lowest BCUT2D eigenvalue weighted by Gasteiger charge is -2.26. The van der Waals surface area contributed by atoms with Gasteiger partial charge >= 0.3 is 5.97 Å². The van der Waals surface area contributed by atoms with Crippen molar-refractivity contribution in [2.45, 2.75) is 44.2 Å². The molecule has 0 aliphatic heterocycles. The molecule has 3 rings (SSSR count). The summed E-state index contributed by atoms with van der Waals surface area (Å²) in [4.78, 5) is 50.7. The van der Waals surface area contributed by atoms with Crippen molar-refractivity contribution in [3.63, 3.8) is 0 Å².